The molecule has 1 amide bonds. The number of carbonyl (C=O) groups is 1. The van der Waals surface area contributed by atoms with Crippen LogP contribution in [0.5, 0.6) is 0 Å². The Hall–Kier alpha value is -1.39. The standard InChI is InChI=1S/C18H28N2O2/c1-4-15-5-7-16(8-6-15)14(2)20-17(21)18(13-22-3)9-11-19-12-10-18/h5-8,14,19H,4,9-13H2,1-3H3,(H,20,21). The monoisotopic (exact) mass is 304 g/mol. The van der Waals surface area contributed by atoms with E-state index < -0.39 is 5.41 Å². The zero-order chi connectivity index (χ0) is 16.0. The Morgan fingerprint density at radius 1 is 1.32 bits per heavy atom. The van der Waals surface area contributed by atoms with Crippen molar-refractivity contribution in [3.63, 3.8) is 0 Å². The summed E-state index contributed by atoms with van der Waals surface area (Å²) in [4.78, 5) is 12.8. The minimum Gasteiger partial charge on any atom is -0.384 e. The summed E-state index contributed by atoms with van der Waals surface area (Å²) < 4.78 is 5.33. The van der Waals surface area contributed by atoms with E-state index in [0.717, 1.165) is 37.9 Å². The zero-order valence-corrected chi connectivity index (χ0v) is 13.9. The molecule has 1 aliphatic heterocycles. The lowest BCUT2D eigenvalue weighted by Crippen LogP contribution is -2.50. The Labute approximate surface area is 133 Å². The second kappa shape index (κ2) is 7.75. The number of methoxy groups -OCH3 is 1. The molecule has 0 saturated carbocycles. The van der Waals surface area contributed by atoms with E-state index in [4.69, 9.17) is 4.74 Å². The molecule has 1 aromatic carbocycles. The van der Waals surface area contributed by atoms with Crippen LogP contribution in [0.3, 0.4) is 0 Å². The molecule has 0 spiro atoms. The van der Waals surface area contributed by atoms with Crippen molar-refractivity contribution in [1.29, 1.82) is 0 Å². The van der Waals surface area contributed by atoms with Crippen LogP contribution < -0.4 is 10.6 Å². The molecule has 1 atom stereocenters. The maximum atomic E-state index is 12.8. The van der Waals surface area contributed by atoms with Gasteiger partial charge in [-0.15, -0.1) is 0 Å². The van der Waals surface area contributed by atoms with Crippen molar-refractivity contribution in [1.82, 2.24) is 10.6 Å². The number of amides is 1. The van der Waals surface area contributed by atoms with Crippen molar-refractivity contribution < 1.29 is 9.53 Å². The van der Waals surface area contributed by atoms with Crippen LogP contribution in [0, 0.1) is 5.41 Å². The van der Waals surface area contributed by atoms with Crippen LogP contribution in [0.15, 0.2) is 24.3 Å². The molecule has 22 heavy (non-hydrogen) atoms. The lowest BCUT2D eigenvalue weighted by Gasteiger charge is -2.36. The summed E-state index contributed by atoms with van der Waals surface area (Å²) in [7, 11) is 1.67. The molecule has 1 fully saturated rings. The Bertz CT molecular complexity index is 473. The van der Waals surface area contributed by atoms with Gasteiger partial charge in [0.15, 0.2) is 0 Å². The SMILES string of the molecule is CCc1ccc(C(C)NC(=O)C2(COC)CCNCC2)cc1. The average molecular weight is 304 g/mol. The third-order valence-corrected chi connectivity index (χ3v) is 4.70. The van der Waals surface area contributed by atoms with E-state index in [1.165, 1.54) is 5.56 Å². The van der Waals surface area contributed by atoms with Crippen molar-refractivity contribution in [3.8, 4) is 0 Å². The summed E-state index contributed by atoms with van der Waals surface area (Å²) in [6.45, 7) is 6.42. The van der Waals surface area contributed by atoms with Crippen molar-refractivity contribution >= 4 is 5.91 Å². The maximum absolute atomic E-state index is 12.8. The quantitative estimate of drug-likeness (QED) is 0.849. The minimum atomic E-state index is -0.391. The summed E-state index contributed by atoms with van der Waals surface area (Å²) in [5.74, 6) is 0.114. The number of rotatable bonds is 6. The second-order valence-corrected chi connectivity index (χ2v) is 6.25. The van der Waals surface area contributed by atoms with Gasteiger partial charge in [-0.2, -0.15) is 0 Å². The first-order chi connectivity index (χ1) is 10.6. The number of aryl methyl sites for hydroxylation is 1. The van der Waals surface area contributed by atoms with E-state index in [0.29, 0.717) is 6.61 Å². The fourth-order valence-corrected chi connectivity index (χ4v) is 3.09. The van der Waals surface area contributed by atoms with Gasteiger partial charge in [-0.3, -0.25) is 4.79 Å². The topological polar surface area (TPSA) is 50.4 Å². The van der Waals surface area contributed by atoms with Gasteiger partial charge in [0.2, 0.25) is 5.91 Å². The number of hydrogen-bond donors (Lipinski definition) is 2. The number of nitrogens with one attached hydrogen (secondary N) is 2. The Kier molecular flexibility index (Phi) is 5.98. The minimum absolute atomic E-state index is 0.0158. The highest BCUT2D eigenvalue weighted by Gasteiger charge is 2.40. The highest BCUT2D eigenvalue weighted by atomic mass is 16.5. The summed E-state index contributed by atoms with van der Waals surface area (Å²) in [6, 6.07) is 8.49. The number of hydrogen-bond acceptors (Lipinski definition) is 3. The van der Waals surface area contributed by atoms with Crippen LogP contribution in [0.25, 0.3) is 0 Å². The zero-order valence-electron chi connectivity index (χ0n) is 13.9. The predicted molar refractivity (Wildman–Crippen MR) is 88.8 cm³/mol. The van der Waals surface area contributed by atoms with Gasteiger partial charge in [0.25, 0.3) is 0 Å². The average Bonchev–Trinajstić information content (AvgIpc) is 2.56. The van der Waals surface area contributed by atoms with E-state index in [-0.39, 0.29) is 11.9 Å². The first-order valence-electron chi connectivity index (χ1n) is 8.21. The molecule has 4 heteroatoms. The lowest BCUT2D eigenvalue weighted by atomic mass is 9.78. The molecule has 4 nitrogen and oxygen atoms in total. The number of piperidine rings is 1. The van der Waals surface area contributed by atoms with Crippen LogP contribution in [0.1, 0.15) is 43.9 Å². The Balaban J connectivity index is 2.04. The summed E-state index contributed by atoms with van der Waals surface area (Å²) >= 11 is 0. The number of benzene rings is 1. The third-order valence-electron chi connectivity index (χ3n) is 4.70. The largest absolute Gasteiger partial charge is 0.384 e. The molecule has 122 valence electrons. The number of carbonyl (C=O) groups excluding carboxylic acids is 1. The van der Waals surface area contributed by atoms with E-state index in [1.54, 1.807) is 7.11 Å². The molecule has 0 radical (unpaired) electrons. The third kappa shape index (κ3) is 3.87. The Morgan fingerprint density at radius 2 is 1.95 bits per heavy atom. The summed E-state index contributed by atoms with van der Waals surface area (Å²) in [5.41, 5.74) is 2.07. The summed E-state index contributed by atoms with van der Waals surface area (Å²) in [5, 5.41) is 6.50. The van der Waals surface area contributed by atoms with Crippen LogP contribution in [-0.2, 0) is 16.0 Å². The normalized spacial score (nSPS) is 18.7. The molecule has 0 bridgehead atoms. The number of ether oxygens (including phenoxy) is 1. The molecule has 2 rings (SSSR count). The Morgan fingerprint density at radius 3 is 2.50 bits per heavy atom. The van der Waals surface area contributed by atoms with Crippen LogP contribution in [0.2, 0.25) is 0 Å². The molecule has 2 N–H and O–H groups in total. The highest BCUT2D eigenvalue weighted by Crippen LogP contribution is 2.30. The van der Waals surface area contributed by atoms with E-state index in [9.17, 15) is 4.79 Å². The summed E-state index contributed by atoms with van der Waals surface area (Å²) in [6.07, 6.45) is 2.69. The smallest absolute Gasteiger partial charge is 0.229 e. The van der Waals surface area contributed by atoms with Gasteiger partial charge >= 0.3 is 0 Å². The molecule has 1 aromatic rings. The van der Waals surface area contributed by atoms with E-state index >= 15 is 0 Å². The van der Waals surface area contributed by atoms with Crippen molar-refractivity contribution in [2.45, 2.75) is 39.2 Å². The first kappa shape index (κ1) is 17.0. The van der Waals surface area contributed by atoms with Crippen molar-refractivity contribution in [3.05, 3.63) is 35.4 Å². The van der Waals surface area contributed by atoms with Crippen LogP contribution in [0.4, 0.5) is 0 Å². The highest BCUT2D eigenvalue weighted by molar-refractivity contribution is 5.83. The van der Waals surface area contributed by atoms with Gasteiger partial charge in [-0.25, -0.2) is 0 Å². The van der Waals surface area contributed by atoms with Gasteiger partial charge in [0.1, 0.15) is 0 Å². The van der Waals surface area contributed by atoms with E-state index in [2.05, 4.69) is 41.8 Å². The molecule has 0 aromatic heterocycles. The first-order valence-corrected chi connectivity index (χ1v) is 8.21. The van der Waals surface area contributed by atoms with Gasteiger partial charge in [0.05, 0.1) is 18.1 Å². The van der Waals surface area contributed by atoms with Crippen molar-refractivity contribution in [2.24, 2.45) is 5.41 Å². The van der Waals surface area contributed by atoms with Gasteiger partial charge in [-0.05, 0) is 50.4 Å². The lowest BCUT2D eigenvalue weighted by molar-refractivity contribution is -0.136. The molecule has 0 aliphatic carbocycles. The maximum Gasteiger partial charge on any atom is 0.229 e. The van der Waals surface area contributed by atoms with E-state index in [1.807, 2.05) is 6.92 Å². The van der Waals surface area contributed by atoms with Gasteiger partial charge in [0, 0.05) is 7.11 Å². The predicted octanol–water partition coefficient (Wildman–Crippen LogP) is 2.44. The molecule has 1 heterocycles. The molecule has 1 saturated heterocycles. The van der Waals surface area contributed by atoms with Crippen molar-refractivity contribution in [2.75, 3.05) is 26.8 Å². The molecule has 1 aliphatic rings. The van der Waals surface area contributed by atoms with Crippen LogP contribution >= 0.6 is 0 Å². The fraction of sp³-hybridized carbons (Fsp3) is 0.611. The second-order valence-electron chi connectivity index (χ2n) is 6.25. The van der Waals surface area contributed by atoms with Gasteiger partial charge in [-0.1, -0.05) is 31.2 Å². The fourth-order valence-electron chi connectivity index (χ4n) is 3.09. The van der Waals surface area contributed by atoms with Gasteiger partial charge < -0.3 is 15.4 Å². The van der Waals surface area contributed by atoms with Crippen LogP contribution in [-0.4, -0.2) is 32.7 Å². The molecule has 1 unspecified atom stereocenters. The molecular weight excluding hydrogens is 276 g/mol. The molecular formula is C18H28N2O2.